The minimum atomic E-state index is -1.09. The first-order valence-electron chi connectivity index (χ1n) is 7.60. The van der Waals surface area contributed by atoms with Crippen LogP contribution in [0.25, 0.3) is 0 Å². The zero-order valence-corrected chi connectivity index (χ0v) is 13.8. The van der Waals surface area contributed by atoms with Crippen molar-refractivity contribution in [3.63, 3.8) is 0 Å². The molecule has 1 aliphatic carbocycles. The molecule has 0 amide bonds. The number of benzene rings is 1. The van der Waals surface area contributed by atoms with Crippen molar-refractivity contribution in [3.05, 3.63) is 29.8 Å². The van der Waals surface area contributed by atoms with Crippen LogP contribution in [0.3, 0.4) is 0 Å². The molecule has 0 radical (unpaired) electrons. The van der Waals surface area contributed by atoms with E-state index in [-0.39, 0.29) is 11.0 Å². The minimum absolute atomic E-state index is 0.0331. The lowest BCUT2D eigenvalue weighted by molar-refractivity contribution is 0.0992. The van der Waals surface area contributed by atoms with Gasteiger partial charge in [-0.15, -0.1) is 0 Å². The second kappa shape index (κ2) is 7.21. The molecule has 1 fully saturated rings. The van der Waals surface area contributed by atoms with E-state index in [2.05, 4.69) is 6.92 Å². The quantitative estimate of drug-likeness (QED) is 0.781. The van der Waals surface area contributed by atoms with Crippen LogP contribution in [0.5, 0.6) is 5.75 Å². The van der Waals surface area contributed by atoms with Crippen LogP contribution >= 0.6 is 0 Å². The van der Waals surface area contributed by atoms with Gasteiger partial charge in [-0.1, -0.05) is 19.8 Å². The normalized spacial score (nSPS) is 25.1. The molecule has 1 aromatic rings. The van der Waals surface area contributed by atoms with Gasteiger partial charge in [-0.25, -0.2) is 0 Å². The number of hydrogen-bond acceptors (Lipinski definition) is 3. The summed E-state index contributed by atoms with van der Waals surface area (Å²) in [5, 5.41) is -0.264. The first kappa shape index (κ1) is 16.2. The highest BCUT2D eigenvalue weighted by Crippen LogP contribution is 2.29. The van der Waals surface area contributed by atoms with Crippen LogP contribution in [-0.4, -0.2) is 27.6 Å². The van der Waals surface area contributed by atoms with Crippen molar-refractivity contribution in [3.8, 4) is 5.75 Å². The number of ether oxygens (including phenoxy) is 1. The summed E-state index contributed by atoms with van der Waals surface area (Å²) >= 11 is 0. The molecule has 4 heteroatoms. The van der Waals surface area contributed by atoms with Crippen LogP contribution in [0.4, 0.5) is 0 Å². The summed E-state index contributed by atoms with van der Waals surface area (Å²) in [6.07, 6.45) is 4.31. The van der Waals surface area contributed by atoms with Gasteiger partial charge in [0, 0.05) is 21.6 Å². The fourth-order valence-electron chi connectivity index (χ4n) is 2.97. The van der Waals surface area contributed by atoms with Gasteiger partial charge < -0.3 is 4.74 Å². The average molecular weight is 308 g/mol. The number of carbonyl (C=O) groups excluding carboxylic acids is 1. The molecule has 1 aliphatic rings. The van der Waals surface area contributed by atoms with E-state index in [9.17, 15) is 9.00 Å². The zero-order chi connectivity index (χ0) is 15.4. The monoisotopic (exact) mass is 308 g/mol. The predicted molar refractivity (Wildman–Crippen MR) is 86.3 cm³/mol. The van der Waals surface area contributed by atoms with Gasteiger partial charge in [-0.3, -0.25) is 9.00 Å². The van der Waals surface area contributed by atoms with E-state index in [0.717, 1.165) is 25.0 Å². The smallest absolute Gasteiger partial charge is 0.178 e. The van der Waals surface area contributed by atoms with Gasteiger partial charge in [-0.2, -0.15) is 0 Å². The SMILES string of the molecule is COc1ccc(C(=O)C(C)S(=O)C2CCCC(C)C2)cc1. The van der Waals surface area contributed by atoms with E-state index >= 15 is 0 Å². The second-order valence-corrected chi connectivity index (χ2v) is 7.99. The molecule has 4 atom stereocenters. The van der Waals surface area contributed by atoms with E-state index in [1.807, 2.05) is 0 Å². The molecule has 0 heterocycles. The Hall–Kier alpha value is -1.16. The van der Waals surface area contributed by atoms with Gasteiger partial charge >= 0.3 is 0 Å². The van der Waals surface area contributed by atoms with Gasteiger partial charge in [-0.05, 0) is 49.9 Å². The number of Topliss-reactive ketones (excluding diaryl/α,β-unsaturated/α-hetero) is 1. The van der Waals surface area contributed by atoms with Crippen molar-refractivity contribution >= 4 is 16.6 Å². The van der Waals surface area contributed by atoms with Gasteiger partial charge in [0.1, 0.15) is 5.75 Å². The molecule has 0 saturated heterocycles. The molecular weight excluding hydrogens is 284 g/mol. The molecule has 1 saturated carbocycles. The van der Waals surface area contributed by atoms with E-state index < -0.39 is 16.0 Å². The van der Waals surface area contributed by atoms with Crippen LogP contribution in [0.15, 0.2) is 24.3 Å². The number of hydrogen-bond donors (Lipinski definition) is 0. The van der Waals surface area contributed by atoms with Crippen LogP contribution < -0.4 is 4.74 Å². The Kier molecular flexibility index (Phi) is 5.57. The van der Waals surface area contributed by atoms with E-state index in [1.54, 1.807) is 38.3 Å². The first-order valence-corrected chi connectivity index (χ1v) is 8.88. The second-order valence-electron chi connectivity index (χ2n) is 5.96. The summed E-state index contributed by atoms with van der Waals surface area (Å²) in [4.78, 5) is 12.5. The van der Waals surface area contributed by atoms with Crippen molar-refractivity contribution in [2.45, 2.75) is 50.0 Å². The topological polar surface area (TPSA) is 43.4 Å². The Labute approximate surface area is 129 Å². The van der Waals surface area contributed by atoms with Crippen LogP contribution in [0.1, 0.15) is 49.9 Å². The maximum Gasteiger partial charge on any atom is 0.178 e. The van der Waals surface area contributed by atoms with E-state index in [4.69, 9.17) is 4.74 Å². The molecular formula is C17H24O3S. The Bertz CT molecular complexity index is 509. The standard InChI is InChI=1S/C17H24O3S/c1-12-5-4-6-16(11-12)21(19)13(2)17(18)14-7-9-15(20-3)10-8-14/h7-10,12-13,16H,4-6,11H2,1-3H3. The molecule has 116 valence electrons. The molecule has 0 N–H and O–H groups in total. The summed E-state index contributed by atoms with van der Waals surface area (Å²) < 4.78 is 17.7. The van der Waals surface area contributed by atoms with Crippen molar-refractivity contribution in [2.24, 2.45) is 5.92 Å². The largest absolute Gasteiger partial charge is 0.497 e. The minimum Gasteiger partial charge on any atom is -0.497 e. The molecule has 2 rings (SSSR count). The maximum absolute atomic E-state index is 12.6. The lowest BCUT2D eigenvalue weighted by Gasteiger charge is -2.27. The molecule has 21 heavy (non-hydrogen) atoms. The van der Waals surface area contributed by atoms with Gasteiger partial charge in [0.25, 0.3) is 0 Å². The lowest BCUT2D eigenvalue weighted by Crippen LogP contribution is -2.33. The molecule has 0 aromatic heterocycles. The van der Waals surface area contributed by atoms with Crippen molar-refractivity contribution < 1.29 is 13.7 Å². The van der Waals surface area contributed by atoms with E-state index in [1.165, 1.54) is 6.42 Å². The van der Waals surface area contributed by atoms with Gasteiger partial charge in [0.05, 0.1) is 12.4 Å². The summed E-state index contributed by atoms with van der Waals surface area (Å²) in [5.74, 6) is 1.31. The zero-order valence-electron chi connectivity index (χ0n) is 13.0. The van der Waals surface area contributed by atoms with Crippen molar-refractivity contribution in [1.29, 1.82) is 0 Å². The average Bonchev–Trinajstić information content (AvgIpc) is 2.53. The Balaban J connectivity index is 2.05. The summed E-state index contributed by atoms with van der Waals surface area (Å²) in [6, 6.07) is 7.04. The molecule has 3 nitrogen and oxygen atoms in total. The number of rotatable bonds is 5. The Morgan fingerprint density at radius 3 is 2.52 bits per heavy atom. The van der Waals surface area contributed by atoms with Gasteiger partial charge in [0.15, 0.2) is 5.78 Å². The third-order valence-electron chi connectivity index (χ3n) is 4.31. The first-order chi connectivity index (χ1) is 10.0. The van der Waals surface area contributed by atoms with Crippen molar-refractivity contribution in [2.75, 3.05) is 7.11 Å². The molecule has 1 aromatic carbocycles. The predicted octanol–water partition coefficient (Wildman–Crippen LogP) is 3.59. The lowest BCUT2D eigenvalue weighted by atomic mass is 9.91. The maximum atomic E-state index is 12.6. The summed E-state index contributed by atoms with van der Waals surface area (Å²) in [7, 11) is 0.506. The molecule has 0 aliphatic heterocycles. The molecule has 4 unspecified atom stereocenters. The highest BCUT2D eigenvalue weighted by Gasteiger charge is 2.30. The van der Waals surface area contributed by atoms with Gasteiger partial charge in [0.2, 0.25) is 0 Å². The summed E-state index contributed by atoms with van der Waals surface area (Å²) in [5.41, 5.74) is 0.612. The van der Waals surface area contributed by atoms with Crippen LogP contribution in [0, 0.1) is 5.92 Å². The van der Waals surface area contributed by atoms with E-state index in [0.29, 0.717) is 11.5 Å². The van der Waals surface area contributed by atoms with Crippen LogP contribution in [-0.2, 0) is 10.8 Å². The highest BCUT2D eigenvalue weighted by atomic mass is 32.2. The third-order valence-corrected chi connectivity index (χ3v) is 6.31. The third kappa shape index (κ3) is 3.94. The highest BCUT2D eigenvalue weighted by molar-refractivity contribution is 7.87. The fourth-order valence-corrected chi connectivity index (χ4v) is 4.82. The fraction of sp³-hybridized carbons (Fsp3) is 0.588. The number of methoxy groups -OCH3 is 1. The molecule has 0 bridgehead atoms. The number of carbonyl (C=O) groups is 1. The number of ketones is 1. The Morgan fingerprint density at radius 1 is 1.29 bits per heavy atom. The summed E-state index contributed by atoms with van der Waals surface area (Å²) in [6.45, 7) is 4.00. The van der Waals surface area contributed by atoms with Crippen molar-refractivity contribution in [1.82, 2.24) is 0 Å². The van der Waals surface area contributed by atoms with Crippen LogP contribution in [0.2, 0.25) is 0 Å². The molecule has 0 spiro atoms. The Morgan fingerprint density at radius 2 is 1.95 bits per heavy atom.